The third-order valence-electron chi connectivity index (χ3n) is 5.04. The molecule has 0 spiro atoms. The lowest BCUT2D eigenvalue weighted by atomic mass is 10.0. The van der Waals surface area contributed by atoms with Gasteiger partial charge in [-0.15, -0.1) is 0 Å². The highest BCUT2D eigenvalue weighted by Crippen LogP contribution is 2.16. The summed E-state index contributed by atoms with van der Waals surface area (Å²) in [6.45, 7) is 4.10. The van der Waals surface area contributed by atoms with E-state index in [1.165, 1.54) is 6.07 Å². The minimum Gasteiger partial charge on any atom is -0.489 e. The summed E-state index contributed by atoms with van der Waals surface area (Å²) in [7, 11) is 0. The van der Waals surface area contributed by atoms with Gasteiger partial charge in [0.05, 0.1) is 0 Å². The second-order valence-electron chi connectivity index (χ2n) is 7.93. The third kappa shape index (κ3) is 6.62. The SMILES string of the molecule is CC(C)C(NC(=O)c1c(F)cccc1F)C(=O)NCc1cccc(OCc2ccccc2)c1. The summed E-state index contributed by atoms with van der Waals surface area (Å²) in [6.07, 6.45) is 0. The fourth-order valence-electron chi connectivity index (χ4n) is 3.25. The molecule has 33 heavy (non-hydrogen) atoms. The molecule has 0 aliphatic carbocycles. The summed E-state index contributed by atoms with van der Waals surface area (Å²) in [5, 5.41) is 5.22. The first-order chi connectivity index (χ1) is 15.8. The molecule has 0 aliphatic heterocycles. The van der Waals surface area contributed by atoms with Crippen LogP contribution in [0.5, 0.6) is 5.75 Å². The highest BCUT2D eigenvalue weighted by Gasteiger charge is 2.27. The monoisotopic (exact) mass is 452 g/mol. The first-order valence-electron chi connectivity index (χ1n) is 10.6. The average molecular weight is 453 g/mol. The molecule has 0 aromatic heterocycles. The van der Waals surface area contributed by atoms with Crippen molar-refractivity contribution < 1.29 is 23.1 Å². The molecule has 2 N–H and O–H groups in total. The quantitative estimate of drug-likeness (QED) is 0.498. The van der Waals surface area contributed by atoms with E-state index in [9.17, 15) is 18.4 Å². The molecular formula is C26H26F2N2O3. The molecule has 3 aromatic rings. The topological polar surface area (TPSA) is 67.4 Å². The maximum absolute atomic E-state index is 13.9. The van der Waals surface area contributed by atoms with Gasteiger partial charge >= 0.3 is 0 Å². The number of ether oxygens (including phenoxy) is 1. The van der Waals surface area contributed by atoms with Gasteiger partial charge in [-0.3, -0.25) is 9.59 Å². The second-order valence-corrected chi connectivity index (χ2v) is 7.93. The van der Waals surface area contributed by atoms with E-state index < -0.39 is 35.1 Å². The zero-order chi connectivity index (χ0) is 23.8. The van der Waals surface area contributed by atoms with Gasteiger partial charge in [0.2, 0.25) is 5.91 Å². The fourth-order valence-corrected chi connectivity index (χ4v) is 3.25. The van der Waals surface area contributed by atoms with Crippen LogP contribution in [0.15, 0.2) is 72.8 Å². The number of rotatable bonds is 9. The number of hydrogen-bond acceptors (Lipinski definition) is 3. The molecule has 0 aliphatic rings. The molecule has 1 atom stereocenters. The second kappa shape index (κ2) is 11.2. The summed E-state index contributed by atoms with van der Waals surface area (Å²) < 4.78 is 33.6. The number of nitrogens with one attached hydrogen (secondary N) is 2. The fraction of sp³-hybridized carbons (Fsp3) is 0.231. The molecule has 1 unspecified atom stereocenters. The van der Waals surface area contributed by atoms with Gasteiger partial charge in [-0.05, 0) is 41.3 Å². The molecule has 2 amide bonds. The molecule has 0 bridgehead atoms. The Morgan fingerprint density at radius 3 is 2.18 bits per heavy atom. The molecule has 0 saturated carbocycles. The van der Waals surface area contributed by atoms with Crippen LogP contribution in [0.4, 0.5) is 8.78 Å². The van der Waals surface area contributed by atoms with Gasteiger partial charge in [0.1, 0.15) is 35.6 Å². The first-order valence-corrected chi connectivity index (χ1v) is 10.6. The van der Waals surface area contributed by atoms with Crippen molar-refractivity contribution in [3.63, 3.8) is 0 Å². The predicted molar refractivity (Wildman–Crippen MR) is 122 cm³/mol. The molecule has 7 heteroatoms. The lowest BCUT2D eigenvalue weighted by Crippen LogP contribution is -2.49. The van der Waals surface area contributed by atoms with Crippen LogP contribution in [0.1, 0.15) is 35.3 Å². The van der Waals surface area contributed by atoms with E-state index >= 15 is 0 Å². The summed E-state index contributed by atoms with van der Waals surface area (Å²) in [5.74, 6) is -3.04. The lowest BCUT2D eigenvalue weighted by Gasteiger charge is -2.22. The van der Waals surface area contributed by atoms with Crippen molar-refractivity contribution in [3.05, 3.63) is 101 Å². The van der Waals surface area contributed by atoms with Crippen LogP contribution in [-0.2, 0) is 17.9 Å². The van der Waals surface area contributed by atoms with Gasteiger partial charge in [-0.1, -0.05) is 62.4 Å². The minimum absolute atomic E-state index is 0.203. The third-order valence-corrected chi connectivity index (χ3v) is 5.04. The van der Waals surface area contributed by atoms with Crippen molar-refractivity contribution in [1.82, 2.24) is 10.6 Å². The first kappa shape index (κ1) is 23.9. The van der Waals surface area contributed by atoms with Crippen LogP contribution in [-0.4, -0.2) is 17.9 Å². The van der Waals surface area contributed by atoms with E-state index in [1.807, 2.05) is 54.6 Å². The zero-order valence-electron chi connectivity index (χ0n) is 18.5. The van der Waals surface area contributed by atoms with E-state index in [1.54, 1.807) is 13.8 Å². The average Bonchev–Trinajstić information content (AvgIpc) is 2.80. The van der Waals surface area contributed by atoms with Crippen LogP contribution >= 0.6 is 0 Å². The van der Waals surface area contributed by atoms with E-state index in [2.05, 4.69) is 10.6 Å². The van der Waals surface area contributed by atoms with Crippen molar-refractivity contribution >= 4 is 11.8 Å². The number of hydrogen-bond donors (Lipinski definition) is 2. The van der Waals surface area contributed by atoms with E-state index in [-0.39, 0.29) is 12.5 Å². The molecule has 3 rings (SSSR count). The summed E-state index contributed by atoms with van der Waals surface area (Å²) in [6, 6.07) is 19.3. The Morgan fingerprint density at radius 2 is 1.52 bits per heavy atom. The van der Waals surface area contributed by atoms with Crippen LogP contribution in [0.2, 0.25) is 0 Å². The van der Waals surface area contributed by atoms with Gasteiger partial charge in [0, 0.05) is 6.54 Å². The Bertz CT molecular complexity index is 1080. The number of benzene rings is 3. The van der Waals surface area contributed by atoms with Crippen LogP contribution in [0, 0.1) is 17.6 Å². The van der Waals surface area contributed by atoms with E-state index in [0.717, 1.165) is 23.3 Å². The molecule has 0 radical (unpaired) electrons. The molecule has 0 saturated heterocycles. The Kier molecular flexibility index (Phi) is 8.13. The number of carbonyl (C=O) groups excluding carboxylic acids is 2. The maximum atomic E-state index is 13.9. The molecular weight excluding hydrogens is 426 g/mol. The van der Waals surface area contributed by atoms with Crippen molar-refractivity contribution in [1.29, 1.82) is 0 Å². The van der Waals surface area contributed by atoms with E-state index in [0.29, 0.717) is 12.4 Å². The number of carbonyl (C=O) groups is 2. The van der Waals surface area contributed by atoms with Crippen molar-refractivity contribution in [3.8, 4) is 5.75 Å². The Morgan fingerprint density at radius 1 is 0.879 bits per heavy atom. The summed E-state index contributed by atoms with van der Waals surface area (Å²) in [5.41, 5.74) is 1.14. The molecule has 0 fully saturated rings. The van der Waals surface area contributed by atoms with E-state index in [4.69, 9.17) is 4.74 Å². The summed E-state index contributed by atoms with van der Waals surface area (Å²) >= 11 is 0. The normalized spacial score (nSPS) is 11.7. The van der Waals surface area contributed by atoms with Crippen molar-refractivity contribution in [2.45, 2.75) is 33.0 Å². The largest absolute Gasteiger partial charge is 0.489 e. The van der Waals surface area contributed by atoms with Gasteiger partial charge in [0.25, 0.3) is 5.91 Å². The van der Waals surface area contributed by atoms with Gasteiger partial charge < -0.3 is 15.4 Å². The molecule has 3 aromatic carbocycles. The zero-order valence-corrected chi connectivity index (χ0v) is 18.5. The van der Waals surface area contributed by atoms with Crippen molar-refractivity contribution in [2.24, 2.45) is 5.92 Å². The lowest BCUT2D eigenvalue weighted by molar-refractivity contribution is -0.124. The number of amides is 2. The Hall–Kier alpha value is -3.74. The molecule has 0 heterocycles. The van der Waals surface area contributed by atoms with Gasteiger partial charge in [0.15, 0.2) is 0 Å². The van der Waals surface area contributed by atoms with Gasteiger partial charge in [-0.2, -0.15) is 0 Å². The minimum atomic E-state index is -0.984. The predicted octanol–water partition coefficient (Wildman–Crippen LogP) is 4.61. The van der Waals surface area contributed by atoms with Crippen LogP contribution in [0.3, 0.4) is 0 Å². The molecule has 5 nitrogen and oxygen atoms in total. The summed E-state index contributed by atoms with van der Waals surface area (Å²) in [4.78, 5) is 25.2. The highest BCUT2D eigenvalue weighted by molar-refractivity contribution is 5.98. The van der Waals surface area contributed by atoms with Crippen LogP contribution < -0.4 is 15.4 Å². The smallest absolute Gasteiger partial charge is 0.257 e. The maximum Gasteiger partial charge on any atom is 0.257 e. The Balaban J connectivity index is 1.60. The number of halogens is 2. The van der Waals surface area contributed by atoms with Crippen molar-refractivity contribution in [2.75, 3.05) is 0 Å². The Labute approximate surface area is 191 Å². The van der Waals surface area contributed by atoms with Gasteiger partial charge in [-0.25, -0.2) is 8.78 Å². The molecule has 172 valence electrons. The standard InChI is InChI=1S/C26H26F2N2O3/c1-17(2)24(30-25(31)23-21(27)12-7-13-22(23)28)26(32)29-15-19-10-6-11-20(14-19)33-16-18-8-4-3-5-9-18/h3-14,17,24H,15-16H2,1-2H3,(H,29,32)(H,30,31). The highest BCUT2D eigenvalue weighted by atomic mass is 19.1. The van der Waals surface area contributed by atoms with Crippen LogP contribution in [0.25, 0.3) is 0 Å².